The number of allylic oxidation sites excluding steroid dienone is 1. The van der Waals surface area contributed by atoms with Gasteiger partial charge in [0.15, 0.2) is 11.5 Å². The Morgan fingerprint density at radius 1 is 1.26 bits per heavy atom. The smallest absolute Gasteiger partial charge is 0.311 e. The first-order valence-electron chi connectivity index (χ1n) is 11.4. The summed E-state index contributed by atoms with van der Waals surface area (Å²) in [7, 11) is 3.26. The van der Waals surface area contributed by atoms with Gasteiger partial charge >= 0.3 is 5.97 Å². The molecule has 31 heavy (non-hydrogen) atoms. The number of benzene rings is 1. The Labute approximate surface area is 185 Å². The van der Waals surface area contributed by atoms with Gasteiger partial charge < -0.3 is 24.6 Å². The first kappa shape index (κ1) is 22.2. The minimum Gasteiger partial charge on any atom is -0.493 e. The molecule has 1 saturated heterocycles. The number of aliphatic hydroxyl groups is 1. The molecule has 6 nitrogen and oxygen atoms in total. The van der Waals surface area contributed by atoms with Gasteiger partial charge in [-0.05, 0) is 49.4 Å². The van der Waals surface area contributed by atoms with E-state index >= 15 is 0 Å². The molecule has 4 rings (SSSR count). The van der Waals surface area contributed by atoms with Gasteiger partial charge in [-0.3, -0.25) is 4.79 Å². The second-order valence-electron chi connectivity index (χ2n) is 9.44. The van der Waals surface area contributed by atoms with Crippen molar-refractivity contribution >= 4 is 5.97 Å². The molecule has 1 aromatic carbocycles. The maximum atomic E-state index is 12.7. The zero-order valence-electron chi connectivity index (χ0n) is 19.0. The summed E-state index contributed by atoms with van der Waals surface area (Å²) < 4.78 is 16.4. The van der Waals surface area contributed by atoms with Crippen molar-refractivity contribution < 1.29 is 24.1 Å². The third-order valence-corrected chi connectivity index (χ3v) is 7.97. The van der Waals surface area contributed by atoms with E-state index in [-0.39, 0.29) is 29.3 Å². The van der Waals surface area contributed by atoms with E-state index in [1.54, 1.807) is 14.2 Å². The van der Waals surface area contributed by atoms with E-state index in [0.717, 1.165) is 37.8 Å². The molecule has 1 aliphatic heterocycles. The lowest BCUT2D eigenvalue weighted by molar-refractivity contribution is -0.144. The second-order valence-corrected chi connectivity index (χ2v) is 9.44. The van der Waals surface area contributed by atoms with Crippen molar-refractivity contribution in [1.29, 1.82) is 0 Å². The number of esters is 1. The zero-order valence-corrected chi connectivity index (χ0v) is 19.0. The lowest BCUT2D eigenvalue weighted by atomic mass is 9.55. The number of aliphatic hydroxyl groups excluding tert-OH is 1. The molecule has 0 bridgehead atoms. The van der Waals surface area contributed by atoms with Crippen LogP contribution in [0.2, 0.25) is 0 Å². The Morgan fingerprint density at radius 3 is 2.77 bits per heavy atom. The fourth-order valence-electron chi connectivity index (χ4n) is 5.82. The van der Waals surface area contributed by atoms with E-state index in [1.165, 1.54) is 5.57 Å². The number of hydrogen-bond donors (Lipinski definition) is 2. The van der Waals surface area contributed by atoms with Crippen molar-refractivity contribution in [2.45, 2.75) is 51.7 Å². The molecule has 6 heteroatoms. The number of rotatable bonds is 7. The van der Waals surface area contributed by atoms with Crippen molar-refractivity contribution in [3.8, 4) is 11.5 Å². The van der Waals surface area contributed by atoms with Gasteiger partial charge in [0.05, 0.1) is 26.2 Å². The summed E-state index contributed by atoms with van der Waals surface area (Å²) in [5, 5.41) is 14.8. The summed E-state index contributed by atoms with van der Waals surface area (Å²) >= 11 is 0. The molecule has 0 radical (unpaired) electrons. The second kappa shape index (κ2) is 8.83. The lowest BCUT2D eigenvalue weighted by Crippen LogP contribution is -2.54. The minimum atomic E-state index is -0.558. The molecular formula is C25H35NO5. The summed E-state index contributed by atoms with van der Waals surface area (Å²) in [6, 6.07) is 5.90. The van der Waals surface area contributed by atoms with Crippen molar-refractivity contribution in [3.05, 3.63) is 35.4 Å². The predicted octanol–water partition coefficient (Wildman–Crippen LogP) is 3.12. The Kier molecular flexibility index (Phi) is 6.31. The van der Waals surface area contributed by atoms with Crippen LogP contribution in [0.5, 0.6) is 11.5 Å². The molecule has 1 heterocycles. The molecular weight excluding hydrogens is 394 g/mol. The molecule has 0 amide bonds. The summed E-state index contributed by atoms with van der Waals surface area (Å²) in [6.45, 7) is 5.65. The predicted molar refractivity (Wildman–Crippen MR) is 118 cm³/mol. The van der Waals surface area contributed by atoms with Crippen LogP contribution in [-0.2, 0) is 16.0 Å². The third kappa shape index (κ3) is 3.85. The highest BCUT2D eigenvalue weighted by Crippen LogP contribution is 2.55. The fourth-order valence-corrected chi connectivity index (χ4v) is 5.82. The monoisotopic (exact) mass is 429 g/mol. The molecule has 170 valence electrons. The quantitative estimate of drug-likeness (QED) is 0.394. The van der Waals surface area contributed by atoms with Crippen molar-refractivity contribution in [3.63, 3.8) is 0 Å². The van der Waals surface area contributed by atoms with Crippen LogP contribution in [-0.4, -0.2) is 50.6 Å². The van der Waals surface area contributed by atoms with E-state index in [4.69, 9.17) is 14.2 Å². The van der Waals surface area contributed by atoms with Gasteiger partial charge in [-0.25, -0.2) is 0 Å². The summed E-state index contributed by atoms with van der Waals surface area (Å²) in [6.07, 6.45) is 5.20. The minimum absolute atomic E-state index is 0.149. The highest BCUT2D eigenvalue weighted by molar-refractivity contribution is 5.76. The van der Waals surface area contributed by atoms with Crippen LogP contribution in [0.3, 0.4) is 0 Å². The average Bonchev–Trinajstić information content (AvgIpc) is 3.08. The number of hydrogen-bond acceptors (Lipinski definition) is 6. The van der Waals surface area contributed by atoms with Crippen molar-refractivity contribution in [2.75, 3.05) is 27.3 Å². The first-order valence-corrected chi connectivity index (χ1v) is 11.4. The van der Waals surface area contributed by atoms with Gasteiger partial charge in [0.25, 0.3) is 0 Å². The third-order valence-electron chi connectivity index (χ3n) is 7.97. The van der Waals surface area contributed by atoms with E-state index in [2.05, 4.69) is 25.2 Å². The van der Waals surface area contributed by atoms with Crippen LogP contribution < -0.4 is 14.8 Å². The Morgan fingerprint density at radius 2 is 2.03 bits per heavy atom. The van der Waals surface area contributed by atoms with Crippen molar-refractivity contribution in [1.82, 2.24) is 5.32 Å². The molecule has 0 spiro atoms. The number of ether oxygens (including phenoxy) is 3. The van der Waals surface area contributed by atoms with Crippen LogP contribution in [0.1, 0.15) is 38.7 Å². The molecule has 1 saturated carbocycles. The van der Waals surface area contributed by atoms with E-state index in [9.17, 15) is 9.90 Å². The van der Waals surface area contributed by atoms with Crippen LogP contribution in [0.25, 0.3) is 0 Å². The molecule has 6 atom stereocenters. The van der Waals surface area contributed by atoms with Crippen LogP contribution in [0.15, 0.2) is 29.8 Å². The van der Waals surface area contributed by atoms with Gasteiger partial charge in [-0.15, -0.1) is 0 Å². The number of fused-ring (bicyclic) bond motifs is 2. The first-order chi connectivity index (χ1) is 14.9. The van der Waals surface area contributed by atoms with Gasteiger partial charge in [0, 0.05) is 24.3 Å². The van der Waals surface area contributed by atoms with Gasteiger partial charge in [0.2, 0.25) is 0 Å². The molecule has 3 aliphatic rings. The molecule has 2 N–H and O–H groups in total. The molecule has 2 aliphatic carbocycles. The fraction of sp³-hybridized carbons (Fsp3) is 0.640. The number of carbonyl (C=O) groups excluding carboxylic acids is 1. The zero-order chi connectivity index (χ0) is 22.2. The normalized spacial score (nSPS) is 34.4. The maximum Gasteiger partial charge on any atom is 0.311 e. The molecule has 2 fully saturated rings. The van der Waals surface area contributed by atoms with Gasteiger partial charge in [0.1, 0.15) is 6.10 Å². The summed E-state index contributed by atoms with van der Waals surface area (Å²) in [5.74, 6) is 1.19. The molecule has 0 unspecified atom stereocenters. The SMILES string of the molecule is COc1ccc(CCNC[C@@H]2C(=O)O[C@@H]3CC4=CCC[C@H](C)[C@@]4(C)[C@H](O)[C@H]23)cc1OC. The van der Waals surface area contributed by atoms with Crippen LogP contribution in [0, 0.1) is 23.2 Å². The highest BCUT2D eigenvalue weighted by Gasteiger charge is 2.59. The highest BCUT2D eigenvalue weighted by atomic mass is 16.6. The summed E-state index contributed by atoms with van der Waals surface area (Å²) in [4.78, 5) is 12.7. The molecule has 0 aromatic heterocycles. The van der Waals surface area contributed by atoms with Crippen LogP contribution >= 0.6 is 0 Å². The Hall–Kier alpha value is -2.05. The largest absolute Gasteiger partial charge is 0.493 e. The van der Waals surface area contributed by atoms with Crippen molar-refractivity contribution in [2.24, 2.45) is 23.2 Å². The maximum absolute atomic E-state index is 12.7. The van der Waals surface area contributed by atoms with Gasteiger partial charge in [-0.1, -0.05) is 31.6 Å². The van der Waals surface area contributed by atoms with Gasteiger partial charge in [-0.2, -0.15) is 0 Å². The Bertz CT molecular complexity index is 852. The lowest BCUT2D eigenvalue weighted by Gasteiger charge is -2.51. The van der Waals surface area contributed by atoms with E-state index in [1.807, 2.05) is 18.2 Å². The number of methoxy groups -OCH3 is 2. The topological polar surface area (TPSA) is 77.0 Å². The number of nitrogens with one attached hydrogen (secondary N) is 1. The van der Waals surface area contributed by atoms with Crippen LogP contribution in [0.4, 0.5) is 0 Å². The van der Waals surface area contributed by atoms with E-state index in [0.29, 0.717) is 24.0 Å². The summed E-state index contributed by atoms with van der Waals surface area (Å²) in [5.41, 5.74) is 2.15. The Balaban J connectivity index is 1.39. The molecule has 1 aromatic rings. The number of carbonyl (C=O) groups is 1. The average molecular weight is 430 g/mol. The standard InChI is InChI=1S/C25H35NO5/c1-15-6-5-7-17-13-21-22(23(27)25(15,17)2)18(24(28)31-21)14-26-11-10-16-8-9-19(29-3)20(12-16)30-4/h7-9,12,15,18,21-23,26-27H,5-6,10-11,13-14H2,1-4H3/t15-,18-,21+,22+,23+,25+/m0/s1. The van der Waals surface area contributed by atoms with E-state index < -0.39 is 6.10 Å².